The van der Waals surface area contributed by atoms with Crippen molar-refractivity contribution in [2.45, 2.75) is 42.8 Å². The molecule has 0 spiro atoms. The van der Waals surface area contributed by atoms with E-state index in [0.29, 0.717) is 32.8 Å². The molecule has 1 aromatic carbocycles. The van der Waals surface area contributed by atoms with Crippen molar-refractivity contribution in [1.29, 1.82) is 0 Å². The van der Waals surface area contributed by atoms with Gasteiger partial charge in [0.25, 0.3) is 0 Å². The summed E-state index contributed by atoms with van der Waals surface area (Å²) in [5, 5.41) is 23.0. The molecule has 3 fully saturated rings. The third kappa shape index (κ3) is 3.86. The molecule has 4 aliphatic rings. The zero-order valence-corrected chi connectivity index (χ0v) is 17.0. The van der Waals surface area contributed by atoms with E-state index in [1.54, 1.807) is 11.0 Å². The molecule has 1 aliphatic carbocycles. The number of carboxylic acids is 1. The van der Waals surface area contributed by atoms with E-state index in [0.717, 1.165) is 12.0 Å². The Bertz CT molecular complexity index is 886. The smallest absolute Gasteiger partial charge is 0.526 e. The SMILES string of the molecule is NCC1COC(CC(=O)N2CC(Oc3ccc4c(c3C(=O)O)OB(O)[C@H]3C[C@@H]43)C2)CN1. The van der Waals surface area contributed by atoms with E-state index in [4.69, 9.17) is 19.9 Å². The van der Waals surface area contributed by atoms with Crippen LogP contribution in [0, 0.1) is 0 Å². The molecule has 2 saturated heterocycles. The number of morpholine rings is 1. The Morgan fingerprint density at radius 3 is 2.84 bits per heavy atom. The Morgan fingerprint density at radius 1 is 1.35 bits per heavy atom. The Morgan fingerprint density at radius 2 is 2.16 bits per heavy atom. The number of hydrogen-bond acceptors (Lipinski definition) is 8. The lowest BCUT2D eigenvalue weighted by atomic mass is 9.77. The van der Waals surface area contributed by atoms with Gasteiger partial charge < -0.3 is 40.2 Å². The fourth-order valence-electron chi connectivity index (χ4n) is 4.57. The van der Waals surface area contributed by atoms with E-state index in [-0.39, 0.29) is 59.4 Å². The molecular weight excluding hydrogens is 405 g/mol. The van der Waals surface area contributed by atoms with Gasteiger partial charge in [0.05, 0.1) is 32.2 Å². The summed E-state index contributed by atoms with van der Waals surface area (Å²) in [5.41, 5.74) is 6.34. The summed E-state index contributed by atoms with van der Waals surface area (Å²) in [7, 11) is -0.987. The summed E-state index contributed by atoms with van der Waals surface area (Å²) in [6, 6.07) is 3.60. The molecule has 1 saturated carbocycles. The quantitative estimate of drug-likeness (QED) is 0.435. The van der Waals surface area contributed by atoms with Crippen molar-refractivity contribution < 1.29 is 33.8 Å². The number of nitrogens with one attached hydrogen (secondary N) is 1. The Labute approximate surface area is 179 Å². The fraction of sp³-hybridized carbons (Fsp3) is 0.600. The normalized spacial score (nSPS) is 29.4. The highest BCUT2D eigenvalue weighted by molar-refractivity contribution is 6.48. The van der Waals surface area contributed by atoms with Crippen LogP contribution in [0.1, 0.15) is 34.7 Å². The lowest BCUT2D eigenvalue weighted by Crippen LogP contribution is -2.57. The maximum atomic E-state index is 12.5. The van der Waals surface area contributed by atoms with Crippen LogP contribution in [0.5, 0.6) is 11.5 Å². The van der Waals surface area contributed by atoms with Gasteiger partial charge in [-0.1, -0.05) is 6.07 Å². The van der Waals surface area contributed by atoms with Gasteiger partial charge in [0.2, 0.25) is 5.91 Å². The highest BCUT2D eigenvalue weighted by atomic mass is 16.5. The number of carbonyl (C=O) groups excluding carboxylic acids is 1. The van der Waals surface area contributed by atoms with Crippen LogP contribution in [0.25, 0.3) is 0 Å². The van der Waals surface area contributed by atoms with Crippen LogP contribution in [-0.2, 0) is 9.53 Å². The number of benzene rings is 1. The minimum absolute atomic E-state index is 0.0204. The molecule has 166 valence electrons. The number of nitrogens with two attached hydrogens (primary N) is 1. The van der Waals surface area contributed by atoms with Crippen LogP contribution < -0.4 is 20.4 Å². The van der Waals surface area contributed by atoms with Gasteiger partial charge in [-0.15, -0.1) is 0 Å². The standard InChI is InChI=1S/C20H26BN3O7/c22-5-10-9-29-11(6-23-10)3-17(25)24-7-12(8-24)30-16-2-1-13-14-4-15(14)21(28)31-19(13)18(16)20(26)27/h1-2,10-12,14-15,23,28H,3-9,22H2,(H,26,27)/t10?,11?,14-,15-/m0/s1. The van der Waals surface area contributed by atoms with Crippen molar-refractivity contribution in [3.63, 3.8) is 0 Å². The van der Waals surface area contributed by atoms with Crippen LogP contribution in [0.15, 0.2) is 12.1 Å². The average molecular weight is 431 g/mol. The number of amides is 1. The first-order valence-corrected chi connectivity index (χ1v) is 10.7. The van der Waals surface area contributed by atoms with Gasteiger partial charge in [-0.2, -0.15) is 0 Å². The van der Waals surface area contributed by atoms with Gasteiger partial charge in [0.15, 0.2) is 0 Å². The van der Waals surface area contributed by atoms with Crippen LogP contribution in [0.4, 0.5) is 0 Å². The number of rotatable bonds is 6. The molecular formula is C20H26BN3O7. The van der Waals surface area contributed by atoms with Crippen molar-refractivity contribution >= 4 is 19.0 Å². The lowest BCUT2D eigenvalue weighted by Gasteiger charge is -2.40. The van der Waals surface area contributed by atoms with Gasteiger partial charge in [-0.05, 0) is 24.0 Å². The molecule has 3 aliphatic heterocycles. The van der Waals surface area contributed by atoms with E-state index in [1.807, 2.05) is 6.07 Å². The molecule has 0 aromatic heterocycles. The molecule has 10 nitrogen and oxygen atoms in total. The third-order valence-corrected chi connectivity index (χ3v) is 6.56. The zero-order valence-electron chi connectivity index (χ0n) is 17.0. The number of fused-ring (bicyclic) bond motifs is 3. The van der Waals surface area contributed by atoms with Gasteiger partial charge in [-0.3, -0.25) is 4.79 Å². The van der Waals surface area contributed by atoms with Crippen molar-refractivity contribution in [3.8, 4) is 11.5 Å². The van der Waals surface area contributed by atoms with Crippen molar-refractivity contribution in [3.05, 3.63) is 23.3 Å². The number of hydrogen-bond donors (Lipinski definition) is 4. The number of nitrogens with zero attached hydrogens (tertiary/aromatic N) is 1. The van der Waals surface area contributed by atoms with Crippen LogP contribution in [-0.4, -0.2) is 85.1 Å². The number of ether oxygens (including phenoxy) is 2. The average Bonchev–Trinajstić information content (AvgIpc) is 3.52. The van der Waals surface area contributed by atoms with E-state index < -0.39 is 13.1 Å². The van der Waals surface area contributed by atoms with Crippen LogP contribution in [0.2, 0.25) is 5.82 Å². The molecule has 4 atom stereocenters. The summed E-state index contributed by atoms with van der Waals surface area (Å²) < 4.78 is 17.1. The molecule has 5 N–H and O–H groups in total. The van der Waals surface area contributed by atoms with E-state index in [1.165, 1.54) is 0 Å². The van der Waals surface area contributed by atoms with E-state index >= 15 is 0 Å². The molecule has 11 heteroatoms. The molecule has 2 unspecified atom stereocenters. The Balaban J connectivity index is 1.18. The first-order valence-electron chi connectivity index (χ1n) is 10.7. The maximum absolute atomic E-state index is 12.5. The molecule has 1 aromatic rings. The zero-order chi connectivity index (χ0) is 21.7. The van der Waals surface area contributed by atoms with Crippen molar-refractivity contribution in [1.82, 2.24) is 10.2 Å². The minimum atomic E-state index is -1.16. The highest BCUT2D eigenvalue weighted by Gasteiger charge is 2.54. The summed E-state index contributed by atoms with van der Waals surface area (Å²) in [6.07, 6.45) is 0.601. The highest BCUT2D eigenvalue weighted by Crippen LogP contribution is 2.60. The summed E-state index contributed by atoms with van der Waals surface area (Å²) in [6.45, 7) is 2.35. The molecule has 5 rings (SSSR count). The van der Waals surface area contributed by atoms with Gasteiger partial charge >= 0.3 is 13.1 Å². The topological polar surface area (TPSA) is 144 Å². The second kappa shape index (κ2) is 7.97. The third-order valence-electron chi connectivity index (χ3n) is 6.56. The van der Waals surface area contributed by atoms with Gasteiger partial charge in [-0.25, -0.2) is 4.79 Å². The number of carbonyl (C=O) groups is 2. The van der Waals surface area contributed by atoms with Crippen LogP contribution in [0.3, 0.4) is 0 Å². The van der Waals surface area contributed by atoms with E-state index in [9.17, 15) is 19.7 Å². The minimum Gasteiger partial charge on any atom is -0.535 e. The molecule has 3 heterocycles. The van der Waals surface area contributed by atoms with Gasteiger partial charge in [0, 0.05) is 24.9 Å². The van der Waals surface area contributed by atoms with Crippen molar-refractivity contribution in [2.75, 3.05) is 32.8 Å². The summed E-state index contributed by atoms with van der Waals surface area (Å²) in [5.74, 6) is -0.615. The summed E-state index contributed by atoms with van der Waals surface area (Å²) in [4.78, 5) is 26.1. The monoisotopic (exact) mass is 431 g/mol. The maximum Gasteiger partial charge on any atom is 0.526 e. The van der Waals surface area contributed by atoms with Crippen LogP contribution >= 0.6 is 0 Å². The second-order valence-corrected chi connectivity index (χ2v) is 8.72. The molecule has 0 radical (unpaired) electrons. The lowest BCUT2D eigenvalue weighted by molar-refractivity contribution is -0.143. The second-order valence-electron chi connectivity index (χ2n) is 8.72. The molecule has 31 heavy (non-hydrogen) atoms. The Kier molecular flexibility index (Phi) is 5.29. The predicted molar refractivity (Wildman–Crippen MR) is 109 cm³/mol. The molecule has 0 bridgehead atoms. The first kappa shape index (κ1) is 20.6. The van der Waals surface area contributed by atoms with Gasteiger partial charge in [0.1, 0.15) is 23.2 Å². The molecule has 1 amide bonds. The predicted octanol–water partition coefficient (Wildman–Crippen LogP) is -0.589. The largest absolute Gasteiger partial charge is 0.535 e. The number of carboxylic acid groups (broad SMARTS) is 1. The number of likely N-dealkylation sites (tertiary alicyclic amines) is 1. The Hall–Kier alpha value is -2.34. The summed E-state index contributed by atoms with van der Waals surface area (Å²) >= 11 is 0. The fourth-order valence-corrected chi connectivity index (χ4v) is 4.57. The first-order chi connectivity index (χ1) is 14.9. The van der Waals surface area contributed by atoms with E-state index in [2.05, 4.69) is 5.32 Å². The van der Waals surface area contributed by atoms with Crippen molar-refractivity contribution in [2.24, 2.45) is 5.73 Å². The number of aromatic carboxylic acids is 1.